The highest BCUT2D eigenvalue weighted by Gasteiger charge is 2.36. The fraction of sp³-hybridized carbons (Fsp3) is 0.600. The first-order chi connectivity index (χ1) is 13.0. The first-order valence-electron chi connectivity index (χ1n) is 9.78. The summed E-state index contributed by atoms with van der Waals surface area (Å²) in [7, 11) is 2.13. The number of hydrogen-bond acceptors (Lipinski definition) is 4. The van der Waals surface area contributed by atoms with E-state index >= 15 is 0 Å². The molecule has 148 valence electrons. The molecule has 2 saturated heterocycles. The Kier molecular flexibility index (Phi) is 6.68. The zero-order valence-corrected chi connectivity index (χ0v) is 16.0. The van der Waals surface area contributed by atoms with E-state index in [0.717, 1.165) is 38.3 Å². The molecule has 3 rings (SSSR count). The van der Waals surface area contributed by atoms with Crippen molar-refractivity contribution in [2.24, 2.45) is 5.92 Å². The predicted octanol–water partition coefficient (Wildman–Crippen LogP) is 2.02. The molecular weight excluding hydrogens is 344 g/mol. The first-order valence-corrected chi connectivity index (χ1v) is 9.78. The second-order valence-corrected chi connectivity index (χ2v) is 7.63. The van der Waals surface area contributed by atoms with Crippen LogP contribution < -0.4 is 5.32 Å². The van der Waals surface area contributed by atoms with Crippen molar-refractivity contribution in [3.05, 3.63) is 30.3 Å². The number of carbonyl (C=O) groups excluding carboxylic acids is 1. The monoisotopic (exact) mass is 374 g/mol. The number of hydrogen-bond donors (Lipinski definition) is 2. The number of likely N-dealkylation sites (tertiary alicyclic amines) is 1. The quantitative estimate of drug-likeness (QED) is 0.825. The van der Waals surface area contributed by atoms with E-state index < -0.39 is 5.97 Å². The number of nitrogens with zero attached hydrogens (tertiary/aromatic N) is 3. The maximum Gasteiger partial charge on any atom is 0.321 e. The van der Waals surface area contributed by atoms with Gasteiger partial charge in [-0.05, 0) is 37.9 Å². The van der Waals surface area contributed by atoms with Gasteiger partial charge in [0.15, 0.2) is 0 Å². The van der Waals surface area contributed by atoms with Gasteiger partial charge in [0.25, 0.3) is 0 Å². The van der Waals surface area contributed by atoms with Crippen LogP contribution in [0.15, 0.2) is 30.3 Å². The largest absolute Gasteiger partial charge is 0.481 e. The van der Waals surface area contributed by atoms with Crippen molar-refractivity contribution in [3.8, 4) is 0 Å². The second kappa shape index (κ2) is 9.19. The van der Waals surface area contributed by atoms with Gasteiger partial charge in [-0.3, -0.25) is 9.69 Å². The normalized spacial score (nSPS) is 24.6. The molecule has 2 aliphatic rings. The number of carboxylic acid groups (broad SMARTS) is 1. The van der Waals surface area contributed by atoms with Crippen LogP contribution in [0.1, 0.15) is 19.3 Å². The number of rotatable bonds is 5. The summed E-state index contributed by atoms with van der Waals surface area (Å²) in [6.07, 6.45) is 1.67. The number of carboxylic acids is 1. The first kappa shape index (κ1) is 19.6. The van der Waals surface area contributed by atoms with Crippen molar-refractivity contribution >= 4 is 17.7 Å². The van der Waals surface area contributed by atoms with Gasteiger partial charge in [0.2, 0.25) is 0 Å². The number of nitrogens with one attached hydrogen (secondary N) is 1. The fourth-order valence-electron chi connectivity index (χ4n) is 4.16. The third-order valence-corrected chi connectivity index (χ3v) is 5.74. The molecule has 2 fully saturated rings. The number of benzene rings is 1. The number of likely N-dealkylation sites (N-methyl/N-ethyl adjacent to an activating group) is 1. The van der Waals surface area contributed by atoms with Crippen LogP contribution in [0.3, 0.4) is 0 Å². The molecular formula is C20H30N4O3. The molecule has 2 heterocycles. The third kappa shape index (κ3) is 5.43. The number of carbonyl (C=O) groups is 2. The molecule has 27 heavy (non-hydrogen) atoms. The lowest BCUT2D eigenvalue weighted by molar-refractivity contribution is -0.137. The van der Waals surface area contributed by atoms with E-state index in [-0.39, 0.29) is 18.4 Å². The highest BCUT2D eigenvalue weighted by molar-refractivity contribution is 5.89. The van der Waals surface area contributed by atoms with Crippen molar-refractivity contribution in [2.45, 2.75) is 25.3 Å². The molecule has 2 amide bonds. The summed E-state index contributed by atoms with van der Waals surface area (Å²) in [6.45, 7) is 5.44. The summed E-state index contributed by atoms with van der Waals surface area (Å²) >= 11 is 0. The Morgan fingerprint density at radius 2 is 1.81 bits per heavy atom. The Balaban J connectivity index is 1.63. The molecule has 7 nitrogen and oxygen atoms in total. The summed E-state index contributed by atoms with van der Waals surface area (Å²) in [4.78, 5) is 30.4. The number of piperidine rings is 1. The zero-order chi connectivity index (χ0) is 19.2. The van der Waals surface area contributed by atoms with E-state index in [9.17, 15) is 9.59 Å². The van der Waals surface area contributed by atoms with E-state index in [4.69, 9.17) is 5.11 Å². The fourth-order valence-corrected chi connectivity index (χ4v) is 4.16. The SMILES string of the molecule is CN1CCN([C@H]2CCN(C(=O)Nc3ccccc3)C[C@H]2CCC(=O)O)CC1. The Labute approximate surface area is 160 Å². The van der Waals surface area contributed by atoms with Gasteiger partial charge in [0, 0.05) is 57.4 Å². The van der Waals surface area contributed by atoms with Crippen LogP contribution in [0.5, 0.6) is 0 Å². The van der Waals surface area contributed by atoms with E-state index in [0.29, 0.717) is 25.6 Å². The third-order valence-electron chi connectivity index (χ3n) is 5.74. The standard InChI is InChI=1S/C20H30N4O3/c1-22-11-13-23(14-12-22)18-9-10-24(15-16(18)7-8-19(25)26)20(27)21-17-5-3-2-4-6-17/h2-6,16,18H,7-15H2,1H3,(H,21,27)(H,25,26)/t16-,18+/m1/s1. The molecule has 7 heteroatoms. The zero-order valence-electron chi connectivity index (χ0n) is 16.0. The summed E-state index contributed by atoms with van der Waals surface area (Å²) in [5.74, 6) is -0.572. The number of para-hydroxylation sites is 1. The summed E-state index contributed by atoms with van der Waals surface area (Å²) < 4.78 is 0. The van der Waals surface area contributed by atoms with Crippen LogP contribution in [0, 0.1) is 5.92 Å². The summed E-state index contributed by atoms with van der Waals surface area (Å²) in [5.41, 5.74) is 0.783. The Bertz CT molecular complexity index is 631. The second-order valence-electron chi connectivity index (χ2n) is 7.63. The van der Waals surface area contributed by atoms with E-state index in [1.54, 1.807) is 0 Å². The molecule has 2 N–H and O–H groups in total. The van der Waals surface area contributed by atoms with Crippen LogP contribution in [0.25, 0.3) is 0 Å². The molecule has 1 aromatic carbocycles. The average Bonchev–Trinajstić information content (AvgIpc) is 2.67. The molecule has 0 bridgehead atoms. The van der Waals surface area contributed by atoms with Crippen molar-refractivity contribution < 1.29 is 14.7 Å². The van der Waals surface area contributed by atoms with Crippen LogP contribution in [0.4, 0.5) is 10.5 Å². The van der Waals surface area contributed by atoms with Crippen molar-refractivity contribution in [1.29, 1.82) is 0 Å². The van der Waals surface area contributed by atoms with Gasteiger partial charge < -0.3 is 20.2 Å². The van der Waals surface area contributed by atoms with Crippen molar-refractivity contribution in [2.75, 3.05) is 51.6 Å². The smallest absolute Gasteiger partial charge is 0.321 e. The van der Waals surface area contributed by atoms with E-state index in [1.807, 2.05) is 35.2 Å². The molecule has 0 spiro atoms. The molecule has 0 aliphatic carbocycles. The maximum absolute atomic E-state index is 12.7. The van der Waals surface area contributed by atoms with Gasteiger partial charge in [0.05, 0.1) is 0 Å². The van der Waals surface area contributed by atoms with Gasteiger partial charge in [-0.2, -0.15) is 0 Å². The molecule has 0 unspecified atom stereocenters. The molecule has 1 aromatic rings. The molecule has 2 aliphatic heterocycles. The van der Waals surface area contributed by atoms with Crippen LogP contribution in [-0.2, 0) is 4.79 Å². The number of urea groups is 1. The van der Waals surface area contributed by atoms with Gasteiger partial charge in [-0.25, -0.2) is 4.79 Å². The van der Waals surface area contributed by atoms with Crippen LogP contribution in [-0.4, -0.2) is 84.2 Å². The Morgan fingerprint density at radius 3 is 2.48 bits per heavy atom. The average molecular weight is 374 g/mol. The molecule has 0 aromatic heterocycles. The molecule has 0 radical (unpaired) electrons. The number of anilines is 1. The highest BCUT2D eigenvalue weighted by Crippen LogP contribution is 2.27. The van der Waals surface area contributed by atoms with Crippen molar-refractivity contribution in [1.82, 2.24) is 14.7 Å². The Hall–Kier alpha value is -2.12. The Morgan fingerprint density at radius 1 is 1.11 bits per heavy atom. The number of piperazine rings is 1. The lowest BCUT2D eigenvalue weighted by Crippen LogP contribution is -2.57. The summed E-state index contributed by atoms with van der Waals surface area (Å²) in [6, 6.07) is 9.71. The minimum Gasteiger partial charge on any atom is -0.481 e. The van der Waals surface area contributed by atoms with Crippen LogP contribution >= 0.6 is 0 Å². The number of amides is 2. The lowest BCUT2D eigenvalue weighted by atomic mass is 9.86. The summed E-state index contributed by atoms with van der Waals surface area (Å²) in [5, 5.41) is 12.1. The lowest BCUT2D eigenvalue weighted by Gasteiger charge is -2.46. The minimum atomic E-state index is -0.766. The van der Waals surface area contributed by atoms with Gasteiger partial charge in [-0.1, -0.05) is 18.2 Å². The van der Waals surface area contributed by atoms with Crippen LogP contribution in [0.2, 0.25) is 0 Å². The van der Waals surface area contributed by atoms with Gasteiger partial charge in [0.1, 0.15) is 0 Å². The maximum atomic E-state index is 12.7. The highest BCUT2D eigenvalue weighted by atomic mass is 16.4. The van der Waals surface area contributed by atoms with Gasteiger partial charge >= 0.3 is 12.0 Å². The molecule has 2 atom stereocenters. The number of aliphatic carboxylic acids is 1. The minimum absolute atomic E-state index is 0.0987. The van der Waals surface area contributed by atoms with Crippen molar-refractivity contribution in [3.63, 3.8) is 0 Å². The topological polar surface area (TPSA) is 76.1 Å². The van der Waals surface area contributed by atoms with E-state index in [1.165, 1.54) is 0 Å². The van der Waals surface area contributed by atoms with E-state index in [2.05, 4.69) is 22.2 Å². The predicted molar refractivity (Wildman–Crippen MR) is 105 cm³/mol. The molecule has 0 saturated carbocycles. The van der Waals surface area contributed by atoms with Gasteiger partial charge in [-0.15, -0.1) is 0 Å².